The molecular formula is C20H22ClF3N4O2. The molecule has 10 heteroatoms. The molecule has 1 aromatic carbocycles. The fourth-order valence-electron chi connectivity index (χ4n) is 3.46. The van der Waals surface area contributed by atoms with Crippen molar-refractivity contribution in [3.63, 3.8) is 0 Å². The number of hydrogen-bond donors (Lipinski definition) is 1. The normalized spacial score (nSPS) is 16.8. The van der Waals surface area contributed by atoms with Crippen LogP contribution >= 0.6 is 11.6 Å². The van der Waals surface area contributed by atoms with Gasteiger partial charge in [0.05, 0.1) is 23.7 Å². The number of rotatable bonds is 5. The van der Waals surface area contributed by atoms with Gasteiger partial charge in [0.2, 0.25) is 11.8 Å². The molecule has 0 saturated heterocycles. The van der Waals surface area contributed by atoms with Gasteiger partial charge in [-0.3, -0.25) is 14.5 Å². The molecule has 2 aromatic rings. The average Bonchev–Trinajstić information content (AvgIpc) is 3.14. The first-order chi connectivity index (χ1) is 14.1. The number of halogens is 4. The first-order valence-electron chi connectivity index (χ1n) is 9.36. The van der Waals surface area contributed by atoms with Crippen molar-refractivity contribution in [1.82, 2.24) is 14.4 Å². The van der Waals surface area contributed by atoms with E-state index < -0.39 is 22.7 Å². The van der Waals surface area contributed by atoms with Crippen molar-refractivity contribution in [3.8, 4) is 0 Å². The van der Waals surface area contributed by atoms with Gasteiger partial charge in [-0.05, 0) is 37.3 Å². The minimum Gasteiger partial charge on any atom is -0.349 e. The summed E-state index contributed by atoms with van der Waals surface area (Å²) in [7, 11) is 1.49. The third-order valence-electron chi connectivity index (χ3n) is 5.17. The number of carbonyl (C=O) groups excluding carboxylic acids is 2. The Hall–Kier alpha value is -2.52. The van der Waals surface area contributed by atoms with E-state index in [-0.39, 0.29) is 30.7 Å². The molecular weight excluding hydrogens is 421 g/mol. The van der Waals surface area contributed by atoms with E-state index in [4.69, 9.17) is 11.6 Å². The number of hydrogen-bond acceptors (Lipinski definition) is 3. The summed E-state index contributed by atoms with van der Waals surface area (Å²) in [4.78, 5) is 28.1. The molecule has 1 aliphatic heterocycles. The fraction of sp³-hybridized carbons (Fsp3) is 0.400. The first kappa shape index (κ1) is 22.2. The molecule has 0 radical (unpaired) electrons. The molecule has 6 nitrogen and oxygen atoms in total. The van der Waals surface area contributed by atoms with E-state index in [1.165, 1.54) is 18.0 Å². The minimum atomic E-state index is -4.63. The maximum Gasteiger partial charge on any atom is 0.417 e. The van der Waals surface area contributed by atoms with Crippen molar-refractivity contribution in [2.24, 2.45) is 0 Å². The van der Waals surface area contributed by atoms with E-state index in [9.17, 15) is 22.8 Å². The van der Waals surface area contributed by atoms with Crippen LogP contribution in [-0.2, 0) is 22.3 Å². The Morgan fingerprint density at radius 3 is 2.70 bits per heavy atom. The van der Waals surface area contributed by atoms with Crippen LogP contribution in [0.4, 0.5) is 18.9 Å². The van der Waals surface area contributed by atoms with Crippen LogP contribution in [-0.4, -0.2) is 52.9 Å². The molecule has 1 N–H and O–H groups in total. The van der Waals surface area contributed by atoms with Crippen LogP contribution in [0.2, 0.25) is 5.02 Å². The summed E-state index contributed by atoms with van der Waals surface area (Å²) in [6.07, 6.45) is -2.63. The number of nitrogens with one attached hydrogen (secondary N) is 1. The zero-order valence-electron chi connectivity index (χ0n) is 16.5. The van der Waals surface area contributed by atoms with Crippen LogP contribution in [0.25, 0.3) is 0 Å². The van der Waals surface area contributed by atoms with Gasteiger partial charge in [0.15, 0.2) is 0 Å². The molecule has 2 heterocycles. The molecule has 0 aliphatic carbocycles. The lowest BCUT2D eigenvalue weighted by Gasteiger charge is -2.35. The van der Waals surface area contributed by atoms with E-state index in [1.807, 2.05) is 30.2 Å². The molecule has 1 atom stereocenters. The molecule has 3 rings (SSSR count). The number of nitrogens with zero attached hydrogens (tertiary/aromatic N) is 3. The number of anilines is 1. The largest absolute Gasteiger partial charge is 0.417 e. The standard InChI is InChI=1S/C20H22ClF3N4O2/c1-13-17-4-3-7-27(17)8-9-28(13)12-19(30)26(2)11-18(29)25-14-5-6-16(21)15(10-14)20(22,23)24/h3-7,10,13H,8-9,11-12H2,1-2H3,(H,25,29)/t13-/m1/s1. The Labute approximate surface area is 177 Å². The SMILES string of the molecule is C[C@@H]1c2cccn2CCN1CC(=O)N(C)CC(=O)Nc1ccc(Cl)c(C(F)(F)F)c1. The lowest BCUT2D eigenvalue weighted by molar-refractivity contribution is -0.137. The predicted molar refractivity (Wildman–Crippen MR) is 107 cm³/mol. The van der Waals surface area contributed by atoms with Crippen LogP contribution < -0.4 is 5.32 Å². The fourth-order valence-corrected chi connectivity index (χ4v) is 3.69. The summed E-state index contributed by atoms with van der Waals surface area (Å²) < 4.78 is 41.0. The summed E-state index contributed by atoms with van der Waals surface area (Å²) in [5.41, 5.74) is 0.0517. The Kier molecular flexibility index (Phi) is 6.42. The second kappa shape index (κ2) is 8.69. The Morgan fingerprint density at radius 2 is 2.00 bits per heavy atom. The van der Waals surface area contributed by atoms with E-state index in [0.29, 0.717) is 6.54 Å². The highest BCUT2D eigenvalue weighted by atomic mass is 35.5. The molecule has 0 unspecified atom stereocenters. The predicted octanol–water partition coefficient (Wildman–Crippen LogP) is 3.63. The van der Waals surface area contributed by atoms with Crippen molar-refractivity contribution in [1.29, 1.82) is 0 Å². The third kappa shape index (κ3) is 4.96. The Balaban J connectivity index is 1.56. The Bertz CT molecular complexity index is 944. The molecule has 1 aromatic heterocycles. The molecule has 162 valence electrons. The highest BCUT2D eigenvalue weighted by molar-refractivity contribution is 6.31. The van der Waals surface area contributed by atoms with E-state index >= 15 is 0 Å². The maximum absolute atomic E-state index is 13.0. The second-order valence-corrected chi connectivity index (χ2v) is 7.67. The van der Waals surface area contributed by atoms with E-state index in [1.54, 1.807) is 0 Å². The van der Waals surface area contributed by atoms with Crippen LogP contribution in [0, 0.1) is 0 Å². The highest BCUT2D eigenvalue weighted by Gasteiger charge is 2.33. The summed E-state index contributed by atoms with van der Waals surface area (Å²) >= 11 is 5.58. The number of carbonyl (C=O) groups is 2. The molecule has 0 fully saturated rings. The van der Waals surface area contributed by atoms with Crippen LogP contribution in [0.15, 0.2) is 36.5 Å². The van der Waals surface area contributed by atoms with Gasteiger partial charge >= 0.3 is 6.18 Å². The van der Waals surface area contributed by atoms with Gasteiger partial charge < -0.3 is 14.8 Å². The van der Waals surface area contributed by atoms with Gasteiger partial charge in [0.1, 0.15) is 0 Å². The molecule has 0 spiro atoms. The summed E-state index contributed by atoms with van der Waals surface area (Å²) in [5.74, 6) is -0.842. The number of alkyl halides is 3. The van der Waals surface area contributed by atoms with Crippen LogP contribution in [0.3, 0.4) is 0 Å². The lowest BCUT2D eigenvalue weighted by Crippen LogP contribution is -2.45. The van der Waals surface area contributed by atoms with Crippen molar-refractivity contribution in [3.05, 3.63) is 52.8 Å². The van der Waals surface area contributed by atoms with E-state index in [2.05, 4.69) is 9.88 Å². The average molecular weight is 443 g/mol. The molecule has 1 aliphatic rings. The van der Waals surface area contributed by atoms with Gasteiger partial charge in [0.25, 0.3) is 0 Å². The Morgan fingerprint density at radius 1 is 1.27 bits per heavy atom. The number of likely N-dealkylation sites (N-methyl/N-ethyl adjacent to an activating group) is 1. The quantitative estimate of drug-likeness (QED) is 0.769. The second-order valence-electron chi connectivity index (χ2n) is 7.26. The van der Waals surface area contributed by atoms with Crippen LogP contribution in [0.5, 0.6) is 0 Å². The topological polar surface area (TPSA) is 57.6 Å². The number of aromatic nitrogens is 1. The number of benzene rings is 1. The zero-order chi connectivity index (χ0) is 22.1. The van der Waals surface area contributed by atoms with Crippen LogP contribution in [0.1, 0.15) is 24.2 Å². The van der Waals surface area contributed by atoms with Crippen molar-refractivity contribution in [2.75, 3.05) is 32.0 Å². The first-order valence-corrected chi connectivity index (χ1v) is 9.73. The van der Waals surface area contributed by atoms with Gasteiger partial charge in [-0.2, -0.15) is 13.2 Å². The summed E-state index contributed by atoms with van der Waals surface area (Å²) in [6, 6.07) is 7.17. The van der Waals surface area contributed by atoms with Crippen molar-refractivity contribution < 1.29 is 22.8 Å². The van der Waals surface area contributed by atoms with Gasteiger partial charge in [-0.25, -0.2) is 0 Å². The summed E-state index contributed by atoms with van der Waals surface area (Å²) in [5, 5.41) is 1.93. The van der Waals surface area contributed by atoms with Gasteiger partial charge in [-0.15, -0.1) is 0 Å². The maximum atomic E-state index is 13.0. The molecule has 30 heavy (non-hydrogen) atoms. The molecule has 0 saturated carbocycles. The summed E-state index contributed by atoms with van der Waals surface area (Å²) in [6.45, 7) is 3.38. The van der Waals surface area contributed by atoms with Gasteiger partial charge in [0, 0.05) is 43.8 Å². The van der Waals surface area contributed by atoms with Crippen molar-refractivity contribution in [2.45, 2.75) is 25.7 Å². The van der Waals surface area contributed by atoms with Crippen molar-refractivity contribution >= 4 is 29.1 Å². The lowest BCUT2D eigenvalue weighted by atomic mass is 10.1. The monoisotopic (exact) mass is 442 g/mol. The molecule has 2 amide bonds. The minimum absolute atomic E-state index is 0.0389. The van der Waals surface area contributed by atoms with Gasteiger partial charge in [-0.1, -0.05) is 11.6 Å². The van der Waals surface area contributed by atoms with E-state index in [0.717, 1.165) is 24.4 Å². The number of amides is 2. The highest BCUT2D eigenvalue weighted by Crippen LogP contribution is 2.36. The third-order valence-corrected chi connectivity index (χ3v) is 5.50. The zero-order valence-corrected chi connectivity index (χ0v) is 17.3. The smallest absolute Gasteiger partial charge is 0.349 e. The number of fused-ring (bicyclic) bond motifs is 1. The molecule has 0 bridgehead atoms.